The third-order valence-electron chi connectivity index (χ3n) is 7.61. The fourth-order valence-electron chi connectivity index (χ4n) is 5.34. The second kappa shape index (κ2) is 11.4. The fourth-order valence-corrected chi connectivity index (χ4v) is 5.34. The maximum absolute atomic E-state index is 14.5. The summed E-state index contributed by atoms with van der Waals surface area (Å²) < 4.78 is 26.8. The first-order valence-corrected chi connectivity index (χ1v) is 13.6. The summed E-state index contributed by atoms with van der Waals surface area (Å²) in [5.41, 5.74) is 2.14. The lowest BCUT2D eigenvalue weighted by molar-refractivity contribution is 0.0876. The van der Waals surface area contributed by atoms with Gasteiger partial charge in [0.1, 0.15) is 23.9 Å². The number of fused-ring (bicyclic) bond motifs is 1. The van der Waals surface area contributed by atoms with Crippen molar-refractivity contribution in [3.8, 4) is 11.5 Å². The van der Waals surface area contributed by atoms with Crippen molar-refractivity contribution >= 4 is 22.4 Å². The zero-order valence-electron chi connectivity index (χ0n) is 22.7. The Hall–Kier alpha value is -3.93. The maximum atomic E-state index is 14.5. The molecule has 0 atom stereocenters. The van der Waals surface area contributed by atoms with Crippen LogP contribution in [0.2, 0.25) is 0 Å². The Morgan fingerprint density at radius 1 is 0.949 bits per heavy atom. The number of pyridine rings is 1. The van der Waals surface area contributed by atoms with E-state index in [4.69, 9.17) is 9.47 Å². The van der Waals surface area contributed by atoms with Gasteiger partial charge in [-0.1, -0.05) is 45.0 Å². The van der Waals surface area contributed by atoms with E-state index in [2.05, 4.69) is 31.1 Å². The van der Waals surface area contributed by atoms with E-state index < -0.39 is 11.7 Å². The SMILES string of the molecule is CC(C)(C)C1CCC(Oc2cc(F)cc(C(=O)Nc3ccc(OCc4ccncc4)c4ccccc34)c2)CC1. The topological polar surface area (TPSA) is 60.5 Å². The third-order valence-corrected chi connectivity index (χ3v) is 7.61. The lowest BCUT2D eigenvalue weighted by Crippen LogP contribution is -2.30. The van der Waals surface area contributed by atoms with Gasteiger partial charge in [-0.3, -0.25) is 9.78 Å². The van der Waals surface area contributed by atoms with E-state index in [-0.39, 0.29) is 17.1 Å². The number of carbonyl (C=O) groups excluding carboxylic acids is 1. The minimum Gasteiger partial charge on any atom is -0.490 e. The maximum Gasteiger partial charge on any atom is 0.255 e. The highest BCUT2D eigenvalue weighted by Crippen LogP contribution is 2.39. The van der Waals surface area contributed by atoms with Gasteiger partial charge in [0.05, 0.1) is 6.10 Å². The molecule has 1 amide bonds. The molecule has 0 bridgehead atoms. The molecule has 1 aliphatic rings. The molecule has 0 unspecified atom stereocenters. The van der Waals surface area contributed by atoms with Crippen LogP contribution in [-0.2, 0) is 6.61 Å². The van der Waals surface area contributed by atoms with E-state index in [0.717, 1.165) is 42.0 Å². The van der Waals surface area contributed by atoms with Crippen LogP contribution in [0.3, 0.4) is 0 Å². The normalized spacial score (nSPS) is 17.5. The molecule has 3 aromatic carbocycles. The minimum absolute atomic E-state index is 0.0324. The van der Waals surface area contributed by atoms with Crippen molar-refractivity contribution in [2.24, 2.45) is 11.3 Å². The Labute approximate surface area is 229 Å². The van der Waals surface area contributed by atoms with Crippen molar-refractivity contribution in [1.82, 2.24) is 4.98 Å². The lowest BCUT2D eigenvalue weighted by Gasteiger charge is -2.37. The second-order valence-corrected chi connectivity index (χ2v) is 11.4. The molecule has 39 heavy (non-hydrogen) atoms. The number of hydrogen-bond donors (Lipinski definition) is 1. The summed E-state index contributed by atoms with van der Waals surface area (Å²) in [6, 6.07) is 19.4. The van der Waals surface area contributed by atoms with E-state index in [0.29, 0.717) is 29.7 Å². The number of hydrogen-bond acceptors (Lipinski definition) is 4. The molecule has 0 spiro atoms. The van der Waals surface area contributed by atoms with Gasteiger partial charge < -0.3 is 14.8 Å². The van der Waals surface area contributed by atoms with Crippen LogP contribution >= 0.6 is 0 Å². The molecule has 5 rings (SSSR count). The van der Waals surface area contributed by atoms with Crippen LogP contribution < -0.4 is 14.8 Å². The van der Waals surface area contributed by atoms with Gasteiger partial charge in [-0.25, -0.2) is 4.39 Å². The summed E-state index contributed by atoms with van der Waals surface area (Å²) in [5.74, 6) is 0.873. The Morgan fingerprint density at radius 2 is 1.67 bits per heavy atom. The van der Waals surface area contributed by atoms with Gasteiger partial charge in [-0.15, -0.1) is 0 Å². The molecular formula is C33H35FN2O3. The molecule has 0 aliphatic heterocycles. The number of benzene rings is 3. The monoisotopic (exact) mass is 526 g/mol. The number of rotatable bonds is 7. The van der Waals surface area contributed by atoms with Crippen molar-refractivity contribution in [3.63, 3.8) is 0 Å². The van der Waals surface area contributed by atoms with Crippen molar-refractivity contribution in [2.75, 3.05) is 5.32 Å². The molecule has 1 saturated carbocycles. The van der Waals surface area contributed by atoms with Crippen LogP contribution in [0, 0.1) is 17.2 Å². The highest BCUT2D eigenvalue weighted by atomic mass is 19.1. The number of ether oxygens (including phenoxy) is 2. The van der Waals surface area contributed by atoms with Gasteiger partial charge in [0.2, 0.25) is 0 Å². The van der Waals surface area contributed by atoms with Gasteiger partial charge >= 0.3 is 0 Å². The summed E-state index contributed by atoms with van der Waals surface area (Å²) >= 11 is 0. The smallest absolute Gasteiger partial charge is 0.255 e. The number of anilines is 1. The third kappa shape index (κ3) is 6.56. The van der Waals surface area contributed by atoms with Gasteiger partial charge in [-0.2, -0.15) is 0 Å². The van der Waals surface area contributed by atoms with Crippen molar-refractivity contribution in [3.05, 3.63) is 96.1 Å². The molecule has 0 radical (unpaired) electrons. The first-order valence-electron chi connectivity index (χ1n) is 13.6. The molecule has 1 aliphatic carbocycles. The zero-order chi connectivity index (χ0) is 27.4. The van der Waals surface area contributed by atoms with Gasteiger partial charge in [0.15, 0.2) is 0 Å². The van der Waals surface area contributed by atoms with E-state index in [1.54, 1.807) is 18.5 Å². The lowest BCUT2D eigenvalue weighted by atomic mass is 9.72. The standard InChI is InChI=1S/C33H35FN2O3/c1-33(2,3)24-8-10-26(11-9-24)39-27-19-23(18-25(34)20-27)32(37)36-30-12-13-31(29-7-5-4-6-28(29)30)38-21-22-14-16-35-17-15-22/h4-7,12-20,24,26H,8-11,21H2,1-3H3,(H,36,37). The first kappa shape index (κ1) is 26.7. The molecular weight excluding hydrogens is 491 g/mol. The van der Waals surface area contributed by atoms with Crippen molar-refractivity contribution in [1.29, 1.82) is 0 Å². The van der Waals surface area contributed by atoms with E-state index in [1.807, 2.05) is 48.5 Å². The Kier molecular flexibility index (Phi) is 7.82. The summed E-state index contributed by atoms with van der Waals surface area (Å²) in [6.45, 7) is 7.25. The number of carbonyl (C=O) groups is 1. The summed E-state index contributed by atoms with van der Waals surface area (Å²) in [4.78, 5) is 17.3. The van der Waals surface area contributed by atoms with Crippen LogP contribution in [-0.4, -0.2) is 17.0 Å². The number of nitrogens with one attached hydrogen (secondary N) is 1. The number of aromatic nitrogens is 1. The second-order valence-electron chi connectivity index (χ2n) is 11.4. The van der Waals surface area contributed by atoms with Crippen LogP contribution in [0.25, 0.3) is 10.8 Å². The molecule has 1 fully saturated rings. The molecule has 5 nitrogen and oxygen atoms in total. The van der Waals surface area contributed by atoms with Crippen LogP contribution in [0.4, 0.5) is 10.1 Å². The summed E-state index contributed by atoms with van der Waals surface area (Å²) in [7, 11) is 0. The molecule has 1 heterocycles. The Bertz CT molecular complexity index is 1440. The predicted octanol–water partition coefficient (Wildman–Crippen LogP) is 8.19. The zero-order valence-corrected chi connectivity index (χ0v) is 22.7. The number of nitrogens with zero attached hydrogens (tertiary/aromatic N) is 1. The predicted molar refractivity (Wildman–Crippen MR) is 153 cm³/mol. The number of halogens is 1. The first-order chi connectivity index (χ1) is 18.8. The van der Waals surface area contributed by atoms with Gasteiger partial charge in [-0.05, 0) is 79.0 Å². The fraction of sp³-hybridized carbons (Fsp3) is 0.333. The highest BCUT2D eigenvalue weighted by molar-refractivity contribution is 6.10. The minimum atomic E-state index is -0.495. The molecule has 6 heteroatoms. The van der Waals surface area contributed by atoms with Crippen LogP contribution in [0.15, 0.2) is 79.1 Å². The molecule has 4 aromatic rings. The van der Waals surface area contributed by atoms with Gasteiger partial charge in [0.25, 0.3) is 5.91 Å². The van der Waals surface area contributed by atoms with Crippen molar-refractivity contribution < 1.29 is 18.7 Å². The molecule has 1 aromatic heterocycles. The average Bonchev–Trinajstić information content (AvgIpc) is 2.92. The Balaban J connectivity index is 1.29. The Morgan fingerprint density at radius 3 is 2.38 bits per heavy atom. The van der Waals surface area contributed by atoms with E-state index in [1.165, 1.54) is 12.1 Å². The quantitative estimate of drug-likeness (QED) is 0.264. The molecule has 1 N–H and O–H groups in total. The van der Waals surface area contributed by atoms with E-state index >= 15 is 0 Å². The van der Waals surface area contributed by atoms with E-state index in [9.17, 15) is 9.18 Å². The van der Waals surface area contributed by atoms with Crippen LogP contribution in [0.1, 0.15) is 62.4 Å². The molecule has 202 valence electrons. The largest absolute Gasteiger partial charge is 0.490 e. The summed E-state index contributed by atoms with van der Waals surface area (Å²) in [6.07, 6.45) is 7.54. The summed E-state index contributed by atoms with van der Waals surface area (Å²) in [5, 5.41) is 4.67. The van der Waals surface area contributed by atoms with Gasteiger partial charge in [0, 0.05) is 40.5 Å². The molecule has 0 saturated heterocycles. The average molecular weight is 527 g/mol. The van der Waals surface area contributed by atoms with Crippen LogP contribution in [0.5, 0.6) is 11.5 Å². The van der Waals surface area contributed by atoms with Crippen molar-refractivity contribution in [2.45, 2.75) is 59.2 Å². The number of amides is 1. The highest BCUT2D eigenvalue weighted by Gasteiger charge is 2.30.